The lowest BCUT2D eigenvalue weighted by Crippen LogP contribution is -2.70. The van der Waals surface area contributed by atoms with Crippen LogP contribution in [-0.4, -0.2) is 195 Å². The van der Waals surface area contributed by atoms with Crippen molar-refractivity contribution < 1.29 is 107 Å². The van der Waals surface area contributed by atoms with Crippen LogP contribution in [0, 0.1) is 23.7 Å². The second kappa shape index (κ2) is 30.9. The van der Waals surface area contributed by atoms with Crippen molar-refractivity contribution in [3.63, 3.8) is 0 Å². The molecule has 0 aliphatic carbocycles. The van der Waals surface area contributed by atoms with E-state index in [4.69, 9.17) is 52.1 Å². The molecule has 5 heterocycles. The van der Waals surface area contributed by atoms with E-state index in [1.54, 1.807) is 34.6 Å². The van der Waals surface area contributed by atoms with E-state index in [0.717, 1.165) is 51.4 Å². The number of esters is 4. The van der Waals surface area contributed by atoms with Gasteiger partial charge in [-0.2, -0.15) is 0 Å². The summed E-state index contributed by atoms with van der Waals surface area (Å²) in [5.74, 6) is -6.59. The summed E-state index contributed by atoms with van der Waals surface area (Å²) in [6.07, 6.45) is -21.3. The minimum atomic E-state index is -1.97. The number of rotatable bonds is 16. The van der Waals surface area contributed by atoms with E-state index < -0.39 is 177 Å². The normalized spacial score (nSPS) is 40.6. The highest BCUT2D eigenvalue weighted by molar-refractivity contribution is 5.73. The smallest absolute Gasteiger partial charge is 0.311 e. The third-order valence-corrected chi connectivity index (χ3v) is 16.2. The number of ether oxygens (including phenoxy) is 11. The summed E-state index contributed by atoms with van der Waals surface area (Å²) in [6, 6.07) is 0. The second-order valence-corrected chi connectivity index (χ2v) is 22.3. The van der Waals surface area contributed by atoms with Crippen molar-refractivity contribution in [2.24, 2.45) is 23.7 Å². The van der Waals surface area contributed by atoms with E-state index in [9.17, 15) is 54.9 Å². The van der Waals surface area contributed by atoms with Gasteiger partial charge in [-0.05, 0) is 66.7 Å². The quantitative estimate of drug-likeness (QED) is 0.0662. The van der Waals surface area contributed by atoms with Crippen molar-refractivity contribution in [3.05, 3.63) is 0 Å². The van der Waals surface area contributed by atoms with Crippen LogP contribution in [0.15, 0.2) is 0 Å². The van der Waals surface area contributed by atoms with Crippen LogP contribution in [0.25, 0.3) is 0 Å². The third-order valence-electron chi connectivity index (χ3n) is 16.2. The van der Waals surface area contributed by atoms with Crippen molar-refractivity contribution in [3.8, 4) is 0 Å². The molecule has 5 aliphatic rings. The van der Waals surface area contributed by atoms with E-state index >= 15 is 0 Å². The number of hydrogen-bond acceptors (Lipinski definition) is 22. The van der Waals surface area contributed by atoms with Gasteiger partial charge in [0.05, 0.1) is 66.4 Å². The summed E-state index contributed by atoms with van der Waals surface area (Å²) in [6.45, 7) is 15.8. The molecule has 0 saturated carbocycles. The minimum absolute atomic E-state index is 0.0822. The first kappa shape index (κ1) is 65.1. The van der Waals surface area contributed by atoms with E-state index in [1.165, 1.54) is 27.7 Å². The Hall–Kier alpha value is -2.68. The fraction of sp³-hybridized carbons (Fsp3) is 0.927. The molecule has 22 nitrogen and oxygen atoms in total. The maximum atomic E-state index is 14.1. The van der Waals surface area contributed by atoms with Gasteiger partial charge in [-0.15, -0.1) is 0 Å². The molecule has 0 amide bonds. The second-order valence-electron chi connectivity index (χ2n) is 22.3. The van der Waals surface area contributed by atoms with Crippen LogP contribution in [0.2, 0.25) is 0 Å². The number of hydrogen-bond donors (Lipinski definition) is 7. The van der Waals surface area contributed by atoms with Crippen LogP contribution in [-0.2, 0) is 71.3 Å². The number of carbonyl (C=O) groups is 4. The summed E-state index contributed by atoms with van der Waals surface area (Å²) in [5, 5.41) is 81.5. The Labute approximate surface area is 454 Å². The average molecular weight is 1110 g/mol. The van der Waals surface area contributed by atoms with Gasteiger partial charge >= 0.3 is 23.9 Å². The van der Waals surface area contributed by atoms with E-state index in [-0.39, 0.29) is 12.5 Å². The highest BCUT2D eigenvalue weighted by Crippen LogP contribution is 2.42. The first-order chi connectivity index (χ1) is 36.5. The van der Waals surface area contributed by atoms with Gasteiger partial charge < -0.3 is 87.9 Å². The average Bonchev–Trinajstić information content (AvgIpc) is 3.42. The van der Waals surface area contributed by atoms with Gasteiger partial charge in [0.25, 0.3) is 0 Å². The molecule has 2 unspecified atom stereocenters. The highest BCUT2D eigenvalue weighted by Gasteiger charge is 2.60. The molecule has 5 saturated heterocycles. The van der Waals surface area contributed by atoms with Gasteiger partial charge in [-0.3, -0.25) is 19.2 Å². The Balaban J connectivity index is 1.63. The van der Waals surface area contributed by atoms with Crippen LogP contribution >= 0.6 is 0 Å². The number of carbonyl (C=O) groups excluding carboxylic acids is 4. The van der Waals surface area contributed by atoms with Gasteiger partial charge in [0, 0.05) is 6.42 Å². The molecule has 5 fully saturated rings. The number of fused-ring (bicyclic) bond motifs is 5. The van der Waals surface area contributed by atoms with Crippen molar-refractivity contribution in [2.75, 3.05) is 6.61 Å². The fourth-order valence-corrected chi connectivity index (χ4v) is 10.4. The Bertz CT molecular complexity index is 1810. The first-order valence-corrected chi connectivity index (χ1v) is 28.7. The molecule has 0 radical (unpaired) electrons. The summed E-state index contributed by atoms with van der Waals surface area (Å²) in [5.41, 5.74) is 0. The monoisotopic (exact) mass is 1110 g/mol. The Morgan fingerprint density at radius 2 is 1.19 bits per heavy atom. The van der Waals surface area contributed by atoms with Crippen LogP contribution in [0.5, 0.6) is 0 Å². The lowest BCUT2D eigenvalue weighted by atomic mass is 9.80. The molecule has 446 valence electrons. The Morgan fingerprint density at radius 3 is 1.84 bits per heavy atom. The fourth-order valence-electron chi connectivity index (χ4n) is 10.4. The van der Waals surface area contributed by atoms with Gasteiger partial charge in [0.15, 0.2) is 37.2 Å². The maximum Gasteiger partial charge on any atom is 0.311 e. The van der Waals surface area contributed by atoms with Crippen molar-refractivity contribution in [2.45, 2.75) is 294 Å². The zero-order valence-electron chi connectivity index (χ0n) is 47.0. The zero-order chi connectivity index (χ0) is 56.8. The molecular weight excluding hydrogens is 1010 g/mol. The van der Waals surface area contributed by atoms with Gasteiger partial charge in [-0.25, -0.2) is 0 Å². The molecule has 0 aromatic carbocycles. The predicted molar refractivity (Wildman–Crippen MR) is 272 cm³/mol. The molecule has 7 N–H and O–H groups in total. The summed E-state index contributed by atoms with van der Waals surface area (Å²) >= 11 is 0. The van der Waals surface area contributed by atoms with Crippen molar-refractivity contribution in [1.82, 2.24) is 0 Å². The van der Waals surface area contributed by atoms with Crippen LogP contribution < -0.4 is 0 Å². The number of unbranched alkanes of at least 4 members (excludes halogenated alkanes) is 2. The number of aliphatic hydroxyl groups is 7. The zero-order valence-corrected chi connectivity index (χ0v) is 47.0. The lowest BCUT2D eigenvalue weighted by Gasteiger charge is -2.52. The van der Waals surface area contributed by atoms with E-state index in [2.05, 4.69) is 6.92 Å². The molecular formula is C55H94O22. The molecule has 5 aliphatic heterocycles. The van der Waals surface area contributed by atoms with Gasteiger partial charge in [0.2, 0.25) is 0 Å². The molecule has 0 aromatic heterocycles. The lowest BCUT2D eigenvalue weighted by molar-refractivity contribution is -0.378. The van der Waals surface area contributed by atoms with E-state index in [1.807, 2.05) is 0 Å². The van der Waals surface area contributed by atoms with Gasteiger partial charge in [0.1, 0.15) is 55.4 Å². The molecule has 25 atom stereocenters. The van der Waals surface area contributed by atoms with Crippen molar-refractivity contribution >= 4 is 23.9 Å². The first-order valence-electron chi connectivity index (χ1n) is 28.7. The molecule has 77 heavy (non-hydrogen) atoms. The SMILES string of the molecule is CCCCCC1CCCCCCCCCC(=O)O[C@@H]2[C@@H](O[C@@H]3O[C@H](C)[C@@H](OC(=O)[C@@H](C)CC)[C@H](O)[C@H]3O)[C@H](C)O[C@@H](O[C@@H]3[C@@H](O)[C@H](O)[C@@H](COC(=O)[C@@H](C)CC)O[C@H]3[C@H]3[C@H](O1)O[C@H](C)[C@@H](O)[C@@H]3O)[C@@H]2OC(=O)C(C)[C@H](C)O. The van der Waals surface area contributed by atoms with Crippen molar-refractivity contribution in [1.29, 1.82) is 0 Å². The van der Waals surface area contributed by atoms with Crippen LogP contribution in [0.1, 0.15) is 166 Å². The summed E-state index contributed by atoms with van der Waals surface area (Å²) in [7, 11) is 0. The third kappa shape index (κ3) is 17.2. The van der Waals surface area contributed by atoms with Gasteiger partial charge in [-0.1, -0.05) is 92.4 Å². The largest absolute Gasteiger partial charge is 0.463 e. The summed E-state index contributed by atoms with van der Waals surface area (Å²) in [4.78, 5) is 54.0. The molecule has 5 rings (SSSR count). The molecule has 2 bridgehead atoms. The molecule has 0 spiro atoms. The Kier molecular flexibility index (Phi) is 26.2. The summed E-state index contributed by atoms with van der Waals surface area (Å²) < 4.78 is 69.0. The van der Waals surface area contributed by atoms with Crippen LogP contribution in [0.3, 0.4) is 0 Å². The standard InChI is InChI=1S/C55H94O22/c1-11-14-20-23-34-24-21-18-16-15-17-19-22-25-36(57)73-48-45(76-54-43(63)42(62)44(32(9)69-54)74-51(65)28(5)13-3)33(10)70-55(49(48)75-52(66)29(6)30(7)56)77-47-41(61)39(59)35(26-67-50(64)27(4)12-2)72-46(47)37-40(60)38(58)31(8)68-53(37)71-34/h27-35,37-49,53-56,58-63H,11-26H2,1-10H3/t27-,28-,29?,30-,31+,32+,33-,34?,35+,37-,38+,39+,40+,41-,42+,43+,44+,45-,46-,47+,48+,49+,53-,54-,55-/m0/s1. The van der Waals surface area contributed by atoms with Crippen LogP contribution in [0.4, 0.5) is 0 Å². The molecule has 0 aromatic rings. The highest BCUT2D eigenvalue weighted by atomic mass is 16.8. The molecule has 22 heteroatoms. The predicted octanol–water partition coefficient (Wildman–Crippen LogP) is 3.42. The maximum absolute atomic E-state index is 14.1. The minimum Gasteiger partial charge on any atom is -0.463 e. The number of aliphatic hydroxyl groups excluding tert-OH is 7. The van der Waals surface area contributed by atoms with E-state index in [0.29, 0.717) is 38.5 Å². The Morgan fingerprint density at radius 1 is 0.584 bits per heavy atom. The topological polar surface area (TPSA) is 311 Å².